The molecule has 29 heavy (non-hydrogen) atoms. The van der Waals surface area contributed by atoms with E-state index < -0.39 is 0 Å². The van der Waals surface area contributed by atoms with E-state index in [1.165, 1.54) is 0 Å². The summed E-state index contributed by atoms with van der Waals surface area (Å²) in [5, 5.41) is 16.8. The van der Waals surface area contributed by atoms with Gasteiger partial charge in [0, 0.05) is 37.8 Å². The largest absolute Gasteiger partial charge is 0.496 e. The fourth-order valence-corrected chi connectivity index (χ4v) is 4.18. The summed E-state index contributed by atoms with van der Waals surface area (Å²) in [5.74, 6) is 1.09. The number of nitrogens with zero attached hydrogens (tertiary/aromatic N) is 2. The highest BCUT2D eigenvalue weighted by Gasteiger charge is 2.28. The van der Waals surface area contributed by atoms with E-state index in [9.17, 15) is 0 Å². The zero-order valence-electron chi connectivity index (χ0n) is 18.1. The first-order valence-electron chi connectivity index (χ1n) is 10.5. The third-order valence-corrected chi connectivity index (χ3v) is 5.96. The third-order valence-electron chi connectivity index (χ3n) is 5.96. The number of hydrogen-bond donors (Lipinski definition) is 2. The molecule has 2 aliphatic heterocycles. The molecule has 2 N–H and O–H groups in total. The maximum atomic E-state index is 8.40. The van der Waals surface area contributed by atoms with Crippen LogP contribution in [0.4, 0.5) is 0 Å². The van der Waals surface area contributed by atoms with Crippen molar-refractivity contribution in [1.82, 2.24) is 9.80 Å². The van der Waals surface area contributed by atoms with E-state index in [4.69, 9.17) is 25.0 Å². The number of rotatable bonds is 4. The molecule has 2 heterocycles. The fourth-order valence-electron chi connectivity index (χ4n) is 4.18. The van der Waals surface area contributed by atoms with Crippen LogP contribution in [0.3, 0.4) is 0 Å². The first kappa shape index (κ1) is 21.6. The second kappa shape index (κ2) is 9.59. The lowest BCUT2D eigenvalue weighted by Gasteiger charge is -2.40. The molecule has 2 fully saturated rings. The molecule has 2 saturated heterocycles. The number of ether oxygens (including phenoxy) is 3. The number of hydrogen-bond acceptors (Lipinski definition) is 6. The second-order valence-corrected chi connectivity index (χ2v) is 8.17. The van der Waals surface area contributed by atoms with Gasteiger partial charge >= 0.3 is 0 Å². The lowest BCUT2D eigenvalue weighted by molar-refractivity contribution is 0.00452. The number of piperidine rings is 1. The van der Waals surface area contributed by atoms with E-state index in [1.54, 1.807) is 7.11 Å². The van der Waals surface area contributed by atoms with Crippen LogP contribution in [0.2, 0.25) is 0 Å². The van der Waals surface area contributed by atoms with Gasteiger partial charge in [-0.05, 0) is 42.9 Å². The minimum absolute atomic E-state index is 0.00333. The van der Waals surface area contributed by atoms with Crippen molar-refractivity contribution in [2.45, 2.75) is 45.6 Å². The highest BCUT2D eigenvalue weighted by Crippen LogP contribution is 2.30. The van der Waals surface area contributed by atoms with Gasteiger partial charge in [0.25, 0.3) is 6.02 Å². The Morgan fingerprint density at radius 3 is 2.34 bits per heavy atom. The molecule has 0 radical (unpaired) electrons. The Bertz CT molecular complexity index is 736. The standard InChI is InChI=1S/C22H34N4O3/c1-15(2)18-13-16(3)19(14-20(18)27-4)21(23)29-22(24)26-7-5-17(6-8-26)25-9-11-28-12-10-25/h13-15,17,23-24H,5-12H2,1-4H3. The number of methoxy groups -OCH3 is 1. The van der Waals surface area contributed by atoms with E-state index >= 15 is 0 Å². The van der Waals surface area contributed by atoms with Crippen molar-refractivity contribution in [2.75, 3.05) is 46.5 Å². The molecule has 160 valence electrons. The Hall–Kier alpha value is -2.12. The van der Waals surface area contributed by atoms with E-state index in [0.717, 1.165) is 69.1 Å². The highest BCUT2D eigenvalue weighted by molar-refractivity contribution is 6.00. The van der Waals surface area contributed by atoms with Crippen LogP contribution in [-0.2, 0) is 9.47 Å². The van der Waals surface area contributed by atoms with Gasteiger partial charge in [-0.3, -0.25) is 15.7 Å². The van der Waals surface area contributed by atoms with Crippen LogP contribution in [0.25, 0.3) is 0 Å². The summed E-state index contributed by atoms with van der Waals surface area (Å²) in [6.45, 7) is 11.4. The number of nitrogens with one attached hydrogen (secondary N) is 2. The number of amidine groups is 1. The molecule has 0 saturated carbocycles. The van der Waals surface area contributed by atoms with Crippen molar-refractivity contribution in [3.05, 3.63) is 28.8 Å². The van der Waals surface area contributed by atoms with Crippen LogP contribution >= 0.6 is 0 Å². The monoisotopic (exact) mass is 402 g/mol. The van der Waals surface area contributed by atoms with E-state index in [2.05, 4.69) is 18.7 Å². The van der Waals surface area contributed by atoms with Crippen LogP contribution in [0, 0.1) is 17.7 Å². The molecule has 2 aliphatic rings. The Morgan fingerprint density at radius 1 is 1.10 bits per heavy atom. The summed E-state index contributed by atoms with van der Waals surface area (Å²) in [6, 6.07) is 4.51. The SMILES string of the molecule is COc1cc(C(=N)OC(=N)N2CCC(N3CCOCC3)CC2)c(C)cc1C(C)C. The number of likely N-dealkylation sites (tertiary alicyclic amines) is 1. The number of aryl methyl sites for hydroxylation is 1. The Balaban J connectivity index is 1.59. The number of morpholine rings is 1. The first-order valence-corrected chi connectivity index (χ1v) is 10.5. The fraction of sp³-hybridized carbons (Fsp3) is 0.636. The van der Waals surface area contributed by atoms with Gasteiger partial charge in [0.2, 0.25) is 5.90 Å². The maximum Gasteiger partial charge on any atom is 0.291 e. The smallest absolute Gasteiger partial charge is 0.291 e. The Labute approximate surface area is 173 Å². The van der Waals surface area contributed by atoms with Crippen LogP contribution in [0.5, 0.6) is 5.75 Å². The quantitative estimate of drug-likeness (QED) is 0.597. The summed E-state index contributed by atoms with van der Waals surface area (Å²) in [7, 11) is 1.64. The minimum atomic E-state index is -0.00333. The maximum absolute atomic E-state index is 8.40. The molecule has 0 unspecified atom stereocenters. The molecule has 1 aromatic carbocycles. The lowest BCUT2D eigenvalue weighted by Crippen LogP contribution is -2.50. The van der Waals surface area contributed by atoms with Crippen LogP contribution in [0.1, 0.15) is 49.3 Å². The molecule has 0 spiro atoms. The molecule has 0 atom stereocenters. The van der Waals surface area contributed by atoms with Crippen molar-refractivity contribution in [3.63, 3.8) is 0 Å². The van der Waals surface area contributed by atoms with Gasteiger partial charge in [0.1, 0.15) is 5.75 Å². The minimum Gasteiger partial charge on any atom is -0.496 e. The van der Waals surface area contributed by atoms with E-state index in [0.29, 0.717) is 17.5 Å². The molecule has 0 aromatic heterocycles. The number of benzene rings is 1. The molecule has 0 bridgehead atoms. The van der Waals surface area contributed by atoms with Crippen molar-refractivity contribution in [3.8, 4) is 5.75 Å². The Kier molecular flexibility index (Phi) is 7.14. The van der Waals surface area contributed by atoms with Gasteiger partial charge in [-0.2, -0.15) is 0 Å². The van der Waals surface area contributed by atoms with Gasteiger partial charge in [0.15, 0.2) is 0 Å². The summed E-state index contributed by atoms with van der Waals surface area (Å²) < 4.78 is 16.6. The van der Waals surface area contributed by atoms with Gasteiger partial charge in [0.05, 0.1) is 20.3 Å². The van der Waals surface area contributed by atoms with Gasteiger partial charge in [-0.1, -0.05) is 19.9 Å². The molecule has 7 nitrogen and oxygen atoms in total. The predicted octanol–water partition coefficient (Wildman–Crippen LogP) is 3.20. The zero-order valence-corrected chi connectivity index (χ0v) is 18.1. The normalized spacial score (nSPS) is 18.7. The van der Waals surface area contributed by atoms with Gasteiger partial charge in [-0.15, -0.1) is 0 Å². The third kappa shape index (κ3) is 5.08. The Morgan fingerprint density at radius 2 is 1.76 bits per heavy atom. The average molecular weight is 403 g/mol. The topological polar surface area (TPSA) is 81.9 Å². The zero-order chi connectivity index (χ0) is 21.0. The van der Waals surface area contributed by atoms with Gasteiger partial charge in [-0.25, -0.2) is 0 Å². The summed E-state index contributed by atoms with van der Waals surface area (Å²) in [5.41, 5.74) is 2.74. The molecule has 0 amide bonds. The highest BCUT2D eigenvalue weighted by atomic mass is 16.5. The summed E-state index contributed by atoms with van der Waals surface area (Å²) in [4.78, 5) is 4.43. The van der Waals surface area contributed by atoms with Crippen LogP contribution in [0.15, 0.2) is 12.1 Å². The first-order chi connectivity index (χ1) is 13.9. The van der Waals surface area contributed by atoms with Crippen molar-refractivity contribution in [1.29, 1.82) is 10.8 Å². The summed E-state index contributed by atoms with van der Waals surface area (Å²) >= 11 is 0. The van der Waals surface area contributed by atoms with E-state index in [-0.39, 0.29) is 11.9 Å². The van der Waals surface area contributed by atoms with Crippen molar-refractivity contribution in [2.24, 2.45) is 0 Å². The molecule has 3 rings (SSSR count). The predicted molar refractivity (Wildman–Crippen MR) is 114 cm³/mol. The molecular formula is C22H34N4O3. The molecule has 0 aliphatic carbocycles. The second-order valence-electron chi connectivity index (χ2n) is 8.17. The van der Waals surface area contributed by atoms with E-state index in [1.807, 2.05) is 24.0 Å². The van der Waals surface area contributed by atoms with Crippen LogP contribution in [-0.4, -0.2) is 74.3 Å². The lowest BCUT2D eigenvalue weighted by atomic mass is 9.96. The molecule has 1 aromatic rings. The van der Waals surface area contributed by atoms with Gasteiger partial charge < -0.3 is 19.1 Å². The summed E-state index contributed by atoms with van der Waals surface area (Å²) in [6.07, 6.45) is 2.02. The van der Waals surface area contributed by atoms with Crippen LogP contribution < -0.4 is 4.74 Å². The molecule has 7 heteroatoms. The molecular weight excluding hydrogens is 368 g/mol. The van der Waals surface area contributed by atoms with Crippen molar-refractivity contribution >= 4 is 11.9 Å². The average Bonchev–Trinajstić information content (AvgIpc) is 2.74. The van der Waals surface area contributed by atoms with Crippen molar-refractivity contribution < 1.29 is 14.2 Å².